The number of aryl methyl sites for hydroxylation is 1. The standard InChI is InChI=1S/C24H25NO3/c1-2-3-9-17-10-8-11-18(24(17)28)16-25-23(19-12-4-6-14-21(19)26)20-13-5-7-15-22(20)27/h4-8,10-16,23,26-28H,2-3,9H2,1H3/b25-16+. The third kappa shape index (κ3) is 4.34. The molecule has 4 heteroatoms. The Balaban J connectivity index is 2.01. The normalized spacial score (nSPS) is 11.4. The minimum atomic E-state index is -0.596. The Kier molecular flexibility index (Phi) is 6.33. The lowest BCUT2D eigenvalue weighted by Crippen LogP contribution is -2.00. The molecule has 0 atom stereocenters. The van der Waals surface area contributed by atoms with Gasteiger partial charge in [-0.3, -0.25) is 4.99 Å². The average Bonchev–Trinajstić information content (AvgIpc) is 2.70. The SMILES string of the molecule is CCCCc1cccc(/C=N/C(c2ccccc2O)c2ccccc2O)c1O. The molecule has 0 unspecified atom stereocenters. The fourth-order valence-corrected chi connectivity index (χ4v) is 3.20. The van der Waals surface area contributed by atoms with Crippen molar-refractivity contribution in [1.82, 2.24) is 0 Å². The quantitative estimate of drug-likeness (QED) is 0.487. The van der Waals surface area contributed by atoms with Crippen LogP contribution in [0.3, 0.4) is 0 Å². The summed E-state index contributed by atoms with van der Waals surface area (Å²) in [6, 6.07) is 18.9. The Morgan fingerprint density at radius 3 is 2.00 bits per heavy atom. The van der Waals surface area contributed by atoms with Crippen LogP contribution in [0.15, 0.2) is 71.7 Å². The molecule has 4 nitrogen and oxygen atoms in total. The first-order valence-electron chi connectivity index (χ1n) is 9.51. The molecular formula is C24H25NO3. The van der Waals surface area contributed by atoms with Crippen molar-refractivity contribution in [3.63, 3.8) is 0 Å². The molecule has 3 N–H and O–H groups in total. The van der Waals surface area contributed by atoms with Crippen molar-refractivity contribution in [3.05, 3.63) is 89.0 Å². The highest BCUT2D eigenvalue weighted by Gasteiger charge is 2.19. The zero-order chi connectivity index (χ0) is 19.9. The highest BCUT2D eigenvalue weighted by Crippen LogP contribution is 2.36. The van der Waals surface area contributed by atoms with Gasteiger partial charge in [-0.25, -0.2) is 0 Å². The van der Waals surface area contributed by atoms with Gasteiger partial charge in [0.25, 0.3) is 0 Å². The van der Waals surface area contributed by atoms with Crippen LogP contribution in [0, 0.1) is 0 Å². The maximum absolute atomic E-state index is 10.6. The van der Waals surface area contributed by atoms with Gasteiger partial charge in [-0.1, -0.05) is 61.9 Å². The van der Waals surface area contributed by atoms with E-state index in [4.69, 9.17) is 0 Å². The van der Waals surface area contributed by atoms with E-state index in [0.717, 1.165) is 24.8 Å². The van der Waals surface area contributed by atoms with E-state index in [1.165, 1.54) is 0 Å². The monoisotopic (exact) mass is 375 g/mol. The molecule has 3 aromatic carbocycles. The molecule has 0 radical (unpaired) electrons. The lowest BCUT2D eigenvalue weighted by molar-refractivity contribution is 0.455. The Labute approximate surface area is 165 Å². The van der Waals surface area contributed by atoms with Crippen LogP contribution in [0.1, 0.15) is 48.1 Å². The van der Waals surface area contributed by atoms with Crippen molar-refractivity contribution in [1.29, 1.82) is 0 Å². The van der Waals surface area contributed by atoms with Crippen LogP contribution in [-0.4, -0.2) is 21.5 Å². The van der Waals surface area contributed by atoms with Crippen LogP contribution < -0.4 is 0 Å². The zero-order valence-electron chi connectivity index (χ0n) is 15.9. The molecule has 0 aliphatic heterocycles. The number of para-hydroxylation sites is 3. The summed E-state index contributed by atoms with van der Waals surface area (Å²) in [7, 11) is 0. The third-order valence-electron chi connectivity index (χ3n) is 4.78. The molecule has 144 valence electrons. The second-order valence-electron chi connectivity index (χ2n) is 6.76. The Morgan fingerprint density at radius 2 is 1.43 bits per heavy atom. The van der Waals surface area contributed by atoms with Crippen molar-refractivity contribution < 1.29 is 15.3 Å². The van der Waals surface area contributed by atoms with Crippen molar-refractivity contribution in [2.45, 2.75) is 32.2 Å². The van der Waals surface area contributed by atoms with Gasteiger partial charge in [0.2, 0.25) is 0 Å². The van der Waals surface area contributed by atoms with Crippen molar-refractivity contribution in [3.8, 4) is 17.2 Å². The molecule has 0 aromatic heterocycles. The number of aromatic hydroxyl groups is 3. The number of rotatable bonds is 7. The summed E-state index contributed by atoms with van der Waals surface area (Å²) in [5.74, 6) is 0.440. The van der Waals surface area contributed by atoms with Crippen LogP contribution in [-0.2, 0) is 6.42 Å². The minimum Gasteiger partial charge on any atom is -0.508 e. The van der Waals surface area contributed by atoms with E-state index in [1.54, 1.807) is 48.7 Å². The van der Waals surface area contributed by atoms with Crippen molar-refractivity contribution >= 4 is 6.21 Å². The summed E-state index contributed by atoms with van der Waals surface area (Å²) in [5, 5.41) is 31.2. The number of nitrogens with zero attached hydrogens (tertiary/aromatic N) is 1. The van der Waals surface area contributed by atoms with E-state index >= 15 is 0 Å². The van der Waals surface area contributed by atoms with Crippen LogP contribution in [0.25, 0.3) is 0 Å². The van der Waals surface area contributed by atoms with Gasteiger partial charge in [0.05, 0.1) is 0 Å². The molecule has 0 spiro atoms. The summed E-state index contributed by atoms with van der Waals surface area (Å²) in [6.45, 7) is 2.12. The number of unbranched alkanes of at least 4 members (excludes halogenated alkanes) is 1. The minimum absolute atomic E-state index is 0.105. The molecule has 0 fully saturated rings. The first-order valence-corrected chi connectivity index (χ1v) is 9.51. The zero-order valence-corrected chi connectivity index (χ0v) is 15.9. The van der Waals surface area contributed by atoms with E-state index in [0.29, 0.717) is 16.7 Å². The Morgan fingerprint density at radius 1 is 0.821 bits per heavy atom. The molecule has 0 aliphatic rings. The number of hydrogen-bond donors (Lipinski definition) is 3. The molecule has 3 rings (SSSR count). The van der Waals surface area contributed by atoms with Gasteiger partial charge in [0.15, 0.2) is 0 Å². The van der Waals surface area contributed by atoms with Gasteiger partial charge < -0.3 is 15.3 Å². The molecule has 3 aromatic rings. The van der Waals surface area contributed by atoms with E-state index in [9.17, 15) is 15.3 Å². The first kappa shape index (κ1) is 19.5. The van der Waals surface area contributed by atoms with Crippen molar-refractivity contribution in [2.24, 2.45) is 4.99 Å². The van der Waals surface area contributed by atoms with Crippen molar-refractivity contribution in [2.75, 3.05) is 0 Å². The van der Waals surface area contributed by atoms with Gasteiger partial charge in [-0.05, 0) is 36.6 Å². The lowest BCUT2D eigenvalue weighted by Gasteiger charge is -2.16. The molecule has 0 heterocycles. The predicted octanol–water partition coefficient (Wildman–Crippen LogP) is 5.35. The molecular weight excluding hydrogens is 350 g/mol. The molecule has 0 saturated carbocycles. The van der Waals surface area contributed by atoms with E-state index < -0.39 is 6.04 Å². The van der Waals surface area contributed by atoms with Gasteiger partial charge in [-0.2, -0.15) is 0 Å². The van der Waals surface area contributed by atoms with Gasteiger partial charge in [0.1, 0.15) is 23.3 Å². The molecule has 0 saturated heterocycles. The van der Waals surface area contributed by atoms with Crippen LogP contribution >= 0.6 is 0 Å². The third-order valence-corrected chi connectivity index (χ3v) is 4.78. The average molecular weight is 375 g/mol. The number of hydrogen-bond acceptors (Lipinski definition) is 4. The van der Waals surface area contributed by atoms with Gasteiger partial charge >= 0.3 is 0 Å². The molecule has 28 heavy (non-hydrogen) atoms. The number of aliphatic imine (C=N–C) groups is 1. The highest BCUT2D eigenvalue weighted by atomic mass is 16.3. The summed E-state index contributed by atoms with van der Waals surface area (Å²) in [4.78, 5) is 4.63. The first-order chi connectivity index (χ1) is 13.6. The summed E-state index contributed by atoms with van der Waals surface area (Å²) < 4.78 is 0. The Bertz CT molecular complexity index is 920. The summed E-state index contributed by atoms with van der Waals surface area (Å²) in [5.41, 5.74) is 2.68. The lowest BCUT2D eigenvalue weighted by atomic mass is 9.97. The summed E-state index contributed by atoms with van der Waals surface area (Å²) >= 11 is 0. The fourth-order valence-electron chi connectivity index (χ4n) is 3.20. The number of phenolic OH excluding ortho intramolecular Hbond substituents is 3. The van der Waals surface area contributed by atoms with E-state index in [-0.39, 0.29) is 17.2 Å². The van der Waals surface area contributed by atoms with Gasteiger partial charge in [-0.15, -0.1) is 0 Å². The van der Waals surface area contributed by atoms with E-state index in [1.807, 2.05) is 24.3 Å². The number of phenols is 3. The topological polar surface area (TPSA) is 73.1 Å². The van der Waals surface area contributed by atoms with Crippen LogP contribution in [0.4, 0.5) is 0 Å². The maximum atomic E-state index is 10.6. The van der Waals surface area contributed by atoms with Crippen LogP contribution in [0.5, 0.6) is 17.2 Å². The second-order valence-corrected chi connectivity index (χ2v) is 6.76. The summed E-state index contributed by atoms with van der Waals surface area (Å²) in [6.07, 6.45) is 4.48. The van der Waals surface area contributed by atoms with E-state index in [2.05, 4.69) is 11.9 Å². The highest BCUT2D eigenvalue weighted by molar-refractivity contribution is 5.84. The molecule has 0 amide bonds. The predicted molar refractivity (Wildman–Crippen MR) is 112 cm³/mol. The second kappa shape index (κ2) is 9.09. The molecule has 0 bridgehead atoms. The number of benzene rings is 3. The maximum Gasteiger partial charge on any atom is 0.127 e. The van der Waals surface area contributed by atoms with Gasteiger partial charge in [0, 0.05) is 22.9 Å². The largest absolute Gasteiger partial charge is 0.508 e. The smallest absolute Gasteiger partial charge is 0.127 e. The molecule has 0 aliphatic carbocycles. The Hall–Kier alpha value is -3.27. The van der Waals surface area contributed by atoms with Crippen LogP contribution in [0.2, 0.25) is 0 Å². The fraction of sp³-hybridized carbons (Fsp3) is 0.208.